The lowest BCUT2D eigenvalue weighted by atomic mass is 10.5. The lowest BCUT2D eigenvalue weighted by Crippen LogP contribution is -1.85. The Morgan fingerprint density at radius 3 is 3.33 bits per heavy atom. The molecule has 0 amide bonds. The molecule has 0 radical (unpaired) electrons. The quantitative estimate of drug-likeness (QED) is 0.534. The first-order chi connectivity index (χ1) is 5.95. The number of aromatic amines is 1. The predicted octanol–water partition coefficient (Wildman–Crippen LogP) is 1.21. The normalized spacial score (nSPS) is 11.3. The van der Waals surface area contributed by atoms with Crippen molar-refractivity contribution in [3.63, 3.8) is 0 Å². The molecule has 4 nitrogen and oxygen atoms in total. The maximum Gasteiger partial charge on any atom is 0.154 e. The van der Waals surface area contributed by atoms with Crippen LogP contribution in [0.15, 0.2) is 31.0 Å². The van der Waals surface area contributed by atoms with Gasteiger partial charge in [-0.05, 0) is 6.07 Å². The lowest BCUT2D eigenvalue weighted by molar-refractivity contribution is 1.18. The van der Waals surface area contributed by atoms with Gasteiger partial charge in [0.25, 0.3) is 0 Å². The van der Waals surface area contributed by atoms with Crippen LogP contribution in [0.4, 0.5) is 0 Å². The Morgan fingerprint density at radius 1 is 1.33 bits per heavy atom. The Bertz CT molecular complexity index is 484. The van der Waals surface area contributed by atoms with Gasteiger partial charge in [0, 0.05) is 6.20 Å². The SMILES string of the molecule is c1cc2c(ncc3cncn32)[nH]1. The van der Waals surface area contributed by atoms with Crippen LogP contribution in [-0.2, 0) is 0 Å². The van der Waals surface area contributed by atoms with E-state index in [1.165, 1.54) is 0 Å². The van der Waals surface area contributed by atoms with E-state index in [9.17, 15) is 0 Å². The van der Waals surface area contributed by atoms with Gasteiger partial charge in [-0.3, -0.25) is 4.40 Å². The van der Waals surface area contributed by atoms with E-state index in [1.807, 2.05) is 16.7 Å². The summed E-state index contributed by atoms with van der Waals surface area (Å²) >= 11 is 0. The summed E-state index contributed by atoms with van der Waals surface area (Å²) in [6.07, 6.45) is 7.25. The largest absolute Gasteiger partial charge is 0.345 e. The molecule has 0 atom stereocenters. The van der Waals surface area contributed by atoms with Crippen molar-refractivity contribution < 1.29 is 0 Å². The fraction of sp³-hybridized carbons (Fsp3) is 0. The summed E-state index contributed by atoms with van der Waals surface area (Å²) in [5.41, 5.74) is 2.97. The molecule has 3 rings (SSSR count). The van der Waals surface area contributed by atoms with Gasteiger partial charge in [-0.25, -0.2) is 9.97 Å². The molecule has 0 aliphatic heterocycles. The van der Waals surface area contributed by atoms with E-state index in [0.717, 1.165) is 16.7 Å². The van der Waals surface area contributed by atoms with Crippen LogP contribution in [0.25, 0.3) is 16.7 Å². The highest BCUT2D eigenvalue weighted by molar-refractivity contribution is 5.74. The average Bonchev–Trinajstić information content (AvgIpc) is 2.71. The molecule has 0 saturated carbocycles. The van der Waals surface area contributed by atoms with Crippen LogP contribution in [0, 0.1) is 0 Å². The van der Waals surface area contributed by atoms with E-state index in [4.69, 9.17) is 0 Å². The summed E-state index contributed by atoms with van der Waals surface area (Å²) in [5.74, 6) is 0. The fourth-order valence-electron chi connectivity index (χ4n) is 1.38. The fourth-order valence-corrected chi connectivity index (χ4v) is 1.38. The van der Waals surface area contributed by atoms with Gasteiger partial charge in [-0.2, -0.15) is 0 Å². The highest BCUT2D eigenvalue weighted by Gasteiger charge is 1.99. The van der Waals surface area contributed by atoms with Gasteiger partial charge in [0.2, 0.25) is 0 Å². The molecule has 0 fully saturated rings. The van der Waals surface area contributed by atoms with Crippen molar-refractivity contribution in [2.75, 3.05) is 0 Å². The molecule has 3 aromatic heterocycles. The summed E-state index contributed by atoms with van der Waals surface area (Å²) in [5, 5.41) is 0. The number of aromatic nitrogens is 4. The second-order valence-electron chi connectivity index (χ2n) is 2.66. The lowest BCUT2D eigenvalue weighted by Gasteiger charge is -1.93. The smallest absolute Gasteiger partial charge is 0.154 e. The zero-order valence-corrected chi connectivity index (χ0v) is 6.23. The highest BCUT2D eigenvalue weighted by atomic mass is 15.0. The van der Waals surface area contributed by atoms with Gasteiger partial charge in [-0.1, -0.05) is 0 Å². The highest BCUT2D eigenvalue weighted by Crippen LogP contribution is 2.11. The van der Waals surface area contributed by atoms with Crippen LogP contribution in [0.5, 0.6) is 0 Å². The third-order valence-electron chi connectivity index (χ3n) is 1.96. The van der Waals surface area contributed by atoms with Crippen molar-refractivity contribution in [3.8, 4) is 0 Å². The Kier molecular flexibility index (Phi) is 0.889. The summed E-state index contributed by atoms with van der Waals surface area (Å²) < 4.78 is 2.00. The van der Waals surface area contributed by atoms with Crippen molar-refractivity contribution >= 4 is 16.7 Å². The van der Waals surface area contributed by atoms with Crippen molar-refractivity contribution in [1.82, 2.24) is 19.4 Å². The zero-order chi connectivity index (χ0) is 7.97. The van der Waals surface area contributed by atoms with E-state index in [-0.39, 0.29) is 0 Å². The third kappa shape index (κ3) is 0.567. The van der Waals surface area contributed by atoms with Gasteiger partial charge >= 0.3 is 0 Å². The molecule has 0 unspecified atom stereocenters. The first-order valence-corrected chi connectivity index (χ1v) is 3.69. The second-order valence-corrected chi connectivity index (χ2v) is 2.66. The standard InChI is InChI=1S/C8H6N4/c1-2-10-8-7(1)12-5-9-3-6(12)4-11-8/h1-5,10H. The second kappa shape index (κ2) is 1.85. The van der Waals surface area contributed by atoms with Gasteiger partial charge in [0.1, 0.15) is 0 Å². The van der Waals surface area contributed by atoms with Crippen LogP contribution in [0.3, 0.4) is 0 Å². The first-order valence-electron chi connectivity index (χ1n) is 3.69. The average molecular weight is 158 g/mol. The maximum absolute atomic E-state index is 4.23. The minimum Gasteiger partial charge on any atom is -0.345 e. The van der Waals surface area contributed by atoms with Crippen LogP contribution < -0.4 is 0 Å². The number of imidazole rings is 1. The maximum atomic E-state index is 4.23. The molecular formula is C8H6N4. The van der Waals surface area contributed by atoms with Crippen molar-refractivity contribution in [1.29, 1.82) is 0 Å². The topological polar surface area (TPSA) is 46.0 Å². The number of hydrogen-bond donors (Lipinski definition) is 1. The van der Waals surface area contributed by atoms with E-state index in [1.54, 1.807) is 18.7 Å². The first kappa shape index (κ1) is 5.77. The monoisotopic (exact) mass is 158 g/mol. The molecule has 0 spiro atoms. The van der Waals surface area contributed by atoms with E-state index >= 15 is 0 Å². The van der Waals surface area contributed by atoms with Crippen LogP contribution in [-0.4, -0.2) is 19.4 Å². The minimum absolute atomic E-state index is 0.889. The molecule has 3 heterocycles. The van der Waals surface area contributed by atoms with Gasteiger partial charge in [0.05, 0.1) is 29.8 Å². The Hall–Kier alpha value is -1.84. The molecule has 1 N–H and O–H groups in total. The summed E-state index contributed by atoms with van der Waals surface area (Å²) in [6, 6.07) is 1.98. The summed E-state index contributed by atoms with van der Waals surface area (Å²) in [7, 11) is 0. The number of nitrogens with one attached hydrogen (secondary N) is 1. The van der Waals surface area contributed by atoms with E-state index < -0.39 is 0 Å². The van der Waals surface area contributed by atoms with Crippen molar-refractivity contribution in [2.45, 2.75) is 0 Å². The molecule has 0 bridgehead atoms. The van der Waals surface area contributed by atoms with E-state index in [0.29, 0.717) is 0 Å². The number of rotatable bonds is 0. The van der Waals surface area contributed by atoms with Gasteiger partial charge in [-0.15, -0.1) is 0 Å². The predicted molar refractivity (Wildman–Crippen MR) is 44.8 cm³/mol. The summed E-state index contributed by atoms with van der Waals surface area (Å²) in [6.45, 7) is 0. The molecule has 4 heteroatoms. The number of H-pyrrole nitrogens is 1. The van der Waals surface area contributed by atoms with Gasteiger partial charge < -0.3 is 4.98 Å². The Labute approximate surface area is 67.9 Å². The molecule has 3 aromatic rings. The minimum atomic E-state index is 0.889. The number of hydrogen-bond acceptors (Lipinski definition) is 2. The zero-order valence-electron chi connectivity index (χ0n) is 6.23. The Morgan fingerprint density at radius 2 is 2.33 bits per heavy atom. The molecule has 58 valence electrons. The summed E-state index contributed by atoms with van der Waals surface area (Å²) in [4.78, 5) is 11.3. The molecule has 0 aliphatic carbocycles. The third-order valence-corrected chi connectivity index (χ3v) is 1.96. The molecule has 0 saturated heterocycles. The van der Waals surface area contributed by atoms with Gasteiger partial charge in [0.15, 0.2) is 5.65 Å². The van der Waals surface area contributed by atoms with Crippen LogP contribution in [0.2, 0.25) is 0 Å². The number of nitrogens with zero attached hydrogens (tertiary/aromatic N) is 3. The molecule has 0 aromatic carbocycles. The number of fused-ring (bicyclic) bond motifs is 3. The van der Waals surface area contributed by atoms with E-state index in [2.05, 4.69) is 15.0 Å². The van der Waals surface area contributed by atoms with Crippen molar-refractivity contribution in [3.05, 3.63) is 31.0 Å². The van der Waals surface area contributed by atoms with Crippen molar-refractivity contribution in [2.24, 2.45) is 0 Å². The molecular weight excluding hydrogens is 152 g/mol. The van der Waals surface area contributed by atoms with Crippen LogP contribution in [0.1, 0.15) is 0 Å². The molecule has 12 heavy (non-hydrogen) atoms. The van der Waals surface area contributed by atoms with Crippen LogP contribution >= 0.6 is 0 Å². The molecule has 0 aliphatic rings. The Balaban J connectivity index is 2.71.